The van der Waals surface area contributed by atoms with Crippen molar-refractivity contribution in [1.82, 2.24) is 0 Å². The third-order valence-corrected chi connectivity index (χ3v) is 5.91. The fraction of sp³-hybridized carbons (Fsp3) is 0.600. The highest BCUT2D eigenvalue weighted by atomic mass is 16.6. The van der Waals surface area contributed by atoms with Crippen LogP contribution >= 0.6 is 0 Å². The van der Waals surface area contributed by atoms with Crippen molar-refractivity contribution < 1.29 is 24.2 Å². The van der Waals surface area contributed by atoms with Crippen LogP contribution < -0.4 is 0 Å². The fourth-order valence-electron chi connectivity index (χ4n) is 4.06. The molecule has 0 amide bonds. The molecule has 5 atom stereocenters. The van der Waals surface area contributed by atoms with E-state index in [1.807, 2.05) is 13.8 Å². The Morgan fingerprint density at radius 2 is 2.16 bits per heavy atom. The lowest BCUT2D eigenvalue weighted by atomic mass is 9.84. The van der Waals surface area contributed by atoms with Crippen LogP contribution in [0.1, 0.15) is 39.5 Å². The number of carbonyl (C=O) groups excluding carboxylic acids is 2. The predicted molar refractivity (Wildman–Crippen MR) is 92.4 cm³/mol. The van der Waals surface area contributed by atoms with E-state index >= 15 is 0 Å². The second kappa shape index (κ2) is 6.79. The Bertz CT molecular complexity index is 659. The number of rotatable bonds is 4. The minimum atomic E-state index is -0.647. The first-order chi connectivity index (χ1) is 11.8. The Balaban J connectivity index is 1.86. The van der Waals surface area contributed by atoms with E-state index in [1.165, 1.54) is 0 Å². The molecule has 0 aromatic heterocycles. The molecule has 0 unspecified atom stereocenters. The van der Waals surface area contributed by atoms with Gasteiger partial charge >= 0.3 is 11.9 Å². The topological polar surface area (TPSA) is 72.8 Å². The van der Waals surface area contributed by atoms with Gasteiger partial charge in [0.2, 0.25) is 0 Å². The molecule has 2 aliphatic carbocycles. The van der Waals surface area contributed by atoms with Gasteiger partial charge in [-0.15, -0.1) is 0 Å². The van der Waals surface area contributed by atoms with E-state index in [0.717, 1.165) is 24.0 Å². The van der Waals surface area contributed by atoms with Crippen molar-refractivity contribution in [3.63, 3.8) is 0 Å². The molecule has 0 aromatic carbocycles. The summed E-state index contributed by atoms with van der Waals surface area (Å²) in [5.41, 5.74) is 3.22. The lowest BCUT2D eigenvalue weighted by Crippen LogP contribution is -2.27. The molecule has 0 radical (unpaired) electrons. The molecule has 2 fully saturated rings. The number of hydrogen-bond acceptors (Lipinski definition) is 5. The maximum atomic E-state index is 12.0. The lowest BCUT2D eigenvalue weighted by Gasteiger charge is -2.23. The van der Waals surface area contributed by atoms with E-state index in [4.69, 9.17) is 9.47 Å². The molecule has 3 rings (SSSR count). The molecule has 0 bridgehead atoms. The first kappa shape index (κ1) is 17.9. The molecular weight excluding hydrogens is 320 g/mol. The SMILES string of the molecule is C=C1[C@H]2C(=C(COC(=O)[C@H](C)CC)CC[C@H]3C(=C)C(=O)O[C@H]23)C[C@@H]1O. The molecule has 3 aliphatic rings. The van der Waals surface area contributed by atoms with E-state index in [9.17, 15) is 14.7 Å². The smallest absolute Gasteiger partial charge is 0.334 e. The predicted octanol–water partition coefficient (Wildman–Crippen LogP) is 2.70. The molecule has 5 nitrogen and oxygen atoms in total. The molecule has 0 spiro atoms. The van der Waals surface area contributed by atoms with Gasteiger partial charge in [-0.1, -0.05) is 32.6 Å². The molecule has 5 heteroatoms. The Morgan fingerprint density at radius 1 is 1.44 bits per heavy atom. The second-order valence-corrected chi connectivity index (χ2v) is 7.36. The van der Waals surface area contributed by atoms with E-state index < -0.39 is 6.10 Å². The monoisotopic (exact) mass is 346 g/mol. The van der Waals surface area contributed by atoms with Crippen molar-refractivity contribution in [1.29, 1.82) is 0 Å². The van der Waals surface area contributed by atoms with Crippen LogP contribution in [0.25, 0.3) is 0 Å². The van der Waals surface area contributed by atoms with Gasteiger partial charge in [0.05, 0.1) is 12.0 Å². The molecule has 1 saturated heterocycles. The molecule has 1 N–H and O–H groups in total. The molecule has 25 heavy (non-hydrogen) atoms. The van der Waals surface area contributed by atoms with Gasteiger partial charge in [0.15, 0.2) is 0 Å². The number of aliphatic hydroxyl groups is 1. The average Bonchev–Trinajstić information content (AvgIpc) is 2.97. The quantitative estimate of drug-likeness (QED) is 0.481. The highest BCUT2D eigenvalue weighted by Gasteiger charge is 2.50. The van der Waals surface area contributed by atoms with Gasteiger partial charge in [-0.05, 0) is 36.8 Å². The zero-order valence-electron chi connectivity index (χ0n) is 14.9. The van der Waals surface area contributed by atoms with Crippen LogP contribution in [0.2, 0.25) is 0 Å². The van der Waals surface area contributed by atoms with Gasteiger partial charge in [0.1, 0.15) is 12.7 Å². The summed E-state index contributed by atoms with van der Waals surface area (Å²) in [4.78, 5) is 24.0. The molecule has 1 saturated carbocycles. The molecular formula is C20H26O5. The van der Waals surface area contributed by atoms with Crippen LogP contribution in [0.15, 0.2) is 35.5 Å². The first-order valence-electron chi connectivity index (χ1n) is 8.99. The zero-order valence-corrected chi connectivity index (χ0v) is 14.9. The minimum Gasteiger partial charge on any atom is -0.461 e. The second-order valence-electron chi connectivity index (χ2n) is 7.36. The summed E-state index contributed by atoms with van der Waals surface area (Å²) in [6, 6.07) is 0. The van der Waals surface area contributed by atoms with Crippen LogP contribution in [-0.2, 0) is 19.1 Å². The lowest BCUT2D eigenvalue weighted by molar-refractivity contribution is -0.147. The van der Waals surface area contributed by atoms with E-state index in [-0.39, 0.29) is 42.4 Å². The van der Waals surface area contributed by atoms with E-state index in [1.54, 1.807) is 0 Å². The highest BCUT2D eigenvalue weighted by Crippen LogP contribution is 2.50. The largest absolute Gasteiger partial charge is 0.461 e. The molecule has 1 aliphatic heterocycles. The van der Waals surface area contributed by atoms with Gasteiger partial charge in [-0.3, -0.25) is 4.79 Å². The van der Waals surface area contributed by atoms with Gasteiger partial charge in [0, 0.05) is 17.4 Å². The highest BCUT2D eigenvalue weighted by molar-refractivity contribution is 5.91. The van der Waals surface area contributed by atoms with Crippen LogP contribution in [-0.4, -0.2) is 35.9 Å². The van der Waals surface area contributed by atoms with Crippen LogP contribution in [0.5, 0.6) is 0 Å². The van der Waals surface area contributed by atoms with Crippen LogP contribution in [0, 0.1) is 17.8 Å². The standard InChI is InChI=1S/C20H26O5/c1-5-10(2)19(22)24-9-13-6-7-14-11(3)20(23)25-18(14)17-12(4)16(21)8-15(13)17/h10,14,16-18,21H,3-9H2,1-2H3/t10-,14+,16+,17+,18+/m1/s1. The number of carbonyl (C=O) groups is 2. The Morgan fingerprint density at radius 3 is 2.84 bits per heavy atom. The first-order valence-corrected chi connectivity index (χ1v) is 8.99. The van der Waals surface area contributed by atoms with Crippen LogP contribution in [0.4, 0.5) is 0 Å². The maximum Gasteiger partial charge on any atom is 0.334 e. The Hall–Kier alpha value is -1.88. The Labute approximate surface area is 148 Å². The van der Waals surface area contributed by atoms with Gasteiger partial charge in [0.25, 0.3) is 0 Å². The number of aliphatic hydroxyl groups excluding tert-OH is 1. The van der Waals surface area contributed by atoms with E-state index in [0.29, 0.717) is 24.0 Å². The van der Waals surface area contributed by atoms with Gasteiger partial charge in [-0.25, -0.2) is 4.79 Å². The maximum absolute atomic E-state index is 12.0. The Kier molecular flexibility index (Phi) is 4.87. The van der Waals surface area contributed by atoms with Crippen molar-refractivity contribution >= 4 is 11.9 Å². The van der Waals surface area contributed by atoms with Crippen molar-refractivity contribution in [3.8, 4) is 0 Å². The van der Waals surface area contributed by atoms with Crippen molar-refractivity contribution in [3.05, 3.63) is 35.5 Å². The zero-order chi connectivity index (χ0) is 18.3. The normalized spacial score (nSPS) is 32.8. The molecule has 1 heterocycles. The molecule has 136 valence electrons. The summed E-state index contributed by atoms with van der Waals surface area (Å²) in [6.07, 6.45) is 1.65. The fourth-order valence-corrected chi connectivity index (χ4v) is 4.06. The summed E-state index contributed by atoms with van der Waals surface area (Å²) in [5.74, 6) is -0.961. The minimum absolute atomic E-state index is 0.0719. The number of esters is 2. The van der Waals surface area contributed by atoms with Crippen molar-refractivity contribution in [2.75, 3.05) is 6.61 Å². The summed E-state index contributed by atoms with van der Waals surface area (Å²) >= 11 is 0. The van der Waals surface area contributed by atoms with E-state index in [2.05, 4.69) is 13.2 Å². The van der Waals surface area contributed by atoms with Crippen molar-refractivity contribution in [2.45, 2.75) is 51.7 Å². The number of ether oxygens (including phenoxy) is 2. The summed E-state index contributed by atoms with van der Waals surface area (Å²) < 4.78 is 11.1. The van der Waals surface area contributed by atoms with Gasteiger partial charge < -0.3 is 14.6 Å². The summed E-state index contributed by atoms with van der Waals surface area (Å²) in [6.45, 7) is 11.9. The third-order valence-electron chi connectivity index (χ3n) is 5.91. The number of fused-ring (bicyclic) bond motifs is 3. The summed E-state index contributed by atoms with van der Waals surface area (Å²) in [7, 11) is 0. The van der Waals surface area contributed by atoms with Crippen LogP contribution in [0.3, 0.4) is 0 Å². The third kappa shape index (κ3) is 3.06. The summed E-state index contributed by atoms with van der Waals surface area (Å²) in [5, 5.41) is 10.3. The molecule has 0 aromatic rings. The van der Waals surface area contributed by atoms with Crippen molar-refractivity contribution in [2.24, 2.45) is 17.8 Å². The average molecular weight is 346 g/mol. The van der Waals surface area contributed by atoms with Gasteiger partial charge in [-0.2, -0.15) is 0 Å². The number of hydrogen-bond donors (Lipinski definition) is 1.